The number of hydrogen-bond acceptors (Lipinski definition) is 3. The third-order valence-electron chi connectivity index (χ3n) is 2.50. The van der Waals surface area contributed by atoms with Crippen LogP contribution in [0.25, 0.3) is 0 Å². The standard InChI is InChI=1S/C14H15NO4/c16-10-11-6-3-4-7-12(11)14(19)15-9-5-1-2-8-13(17)18/h3-4,6-7,9-10H,1-2,5,8H2,(H,17,18). The Kier molecular flexibility index (Phi) is 6.15. The number of unbranched alkanes of at least 4 members (excludes halogenated alkanes) is 2. The van der Waals surface area contributed by atoms with Crippen LogP contribution in [0.1, 0.15) is 46.4 Å². The van der Waals surface area contributed by atoms with Crippen LogP contribution in [0.15, 0.2) is 29.3 Å². The van der Waals surface area contributed by atoms with Crippen LogP contribution in [0.5, 0.6) is 0 Å². The van der Waals surface area contributed by atoms with E-state index in [0.717, 1.165) is 0 Å². The largest absolute Gasteiger partial charge is 0.481 e. The third-order valence-corrected chi connectivity index (χ3v) is 2.50. The number of carboxylic acid groups (broad SMARTS) is 1. The monoisotopic (exact) mass is 261 g/mol. The number of hydrogen-bond donors (Lipinski definition) is 1. The minimum absolute atomic E-state index is 0.121. The zero-order valence-electron chi connectivity index (χ0n) is 10.4. The molecule has 0 unspecified atom stereocenters. The van der Waals surface area contributed by atoms with E-state index in [1.165, 1.54) is 6.21 Å². The van der Waals surface area contributed by atoms with Crippen LogP contribution in [0.4, 0.5) is 0 Å². The third kappa shape index (κ3) is 5.25. The Morgan fingerprint density at radius 3 is 2.63 bits per heavy atom. The molecule has 0 spiro atoms. The van der Waals surface area contributed by atoms with Gasteiger partial charge in [-0.1, -0.05) is 18.2 Å². The molecule has 0 aliphatic heterocycles. The lowest BCUT2D eigenvalue weighted by molar-refractivity contribution is -0.137. The van der Waals surface area contributed by atoms with E-state index in [2.05, 4.69) is 4.99 Å². The van der Waals surface area contributed by atoms with Gasteiger partial charge >= 0.3 is 5.97 Å². The first-order chi connectivity index (χ1) is 9.15. The molecular formula is C14H15NO4. The number of carbonyl (C=O) groups is 3. The lowest BCUT2D eigenvalue weighted by Crippen LogP contribution is -2.00. The molecule has 0 aliphatic carbocycles. The first-order valence-corrected chi connectivity index (χ1v) is 5.98. The molecule has 1 N–H and O–H groups in total. The van der Waals surface area contributed by atoms with Gasteiger partial charge in [0.15, 0.2) is 6.29 Å². The van der Waals surface area contributed by atoms with Crippen molar-refractivity contribution in [2.24, 2.45) is 4.99 Å². The van der Waals surface area contributed by atoms with Crippen LogP contribution in [-0.4, -0.2) is 29.5 Å². The molecule has 1 aromatic rings. The van der Waals surface area contributed by atoms with Gasteiger partial charge in [-0.05, 0) is 25.3 Å². The number of aliphatic imine (C=N–C) groups is 1. The van der Waals surface area contributed by atoms with Crippen molar-refractivity contribution in [3.8, 4) is 0 Å². The molecular weight excluding hydrogens is 246 g/mol. The van der Waals surface area contributed by atoms with Crippen LogP contribution in [0, 0.1) is 0 Å². The van der Waals surface area contributed by atoms with E-state index in [1.54, 1.807) is 24.3 Å². The number of aliphatic carboxylic acids is 1. The second-order valence-electron chi connectivity index (χ2n) is 3.96. The molecule has 1 amide bonds. The van der Waals surface area contributed by atoms with Gasteiger partial charge in [0.05, 0.1) is 5.56 Å². The van der Waals surface area contributed by atoms with E-state index < -0.39 is 11.9 Å². The highest BCUT2D eigenvalue weighted by atomic mass is 16.4. The number of nitrogens with zero attached hydrogens (tertiary/aromatic N) is 1. The second-order valence-corrected chi connectivity index (χ2v) is 3.96. The normalized spacial score (nSPS) is 10.5. The molecule has 1 aromatic carbocycles. The van der Waals surface area contributed by atoms with Crippen LogP contribution >= 0.6 is 0 Å². The summed E-state index contributed by atoms with van der Waals surface area (Å²) in [5.74, 6) is -1.28. The Bertz CT molecular complexity index is 494. The number of carbonyl (C=O) groups excluding carboxylic acids is 2. The van der Waals surface area contributed by atoms with Gasteiger partial charge in [0.1, 0.15) is 0 Å². The van der Waals surface area contributed by atoms with Gasteiger partial charge in [-0.15, -0.1) is 0 Å². The summed E-state index contributed by atoms with van der Waals surface area (Å²) in [7, 11) is 0. The molecule has 0 aromatic heterocycles. The Balaban J connectivity index is 2.46. The molecule has 100 valence electrons. The maximum absolute atomic E-state index is 11.7. The quantitative estimate of drug-likeness (QED) is 0.464. The van der Waals surface area contributed by atoms with Crippen LogP contribution in [0.2, 0.25) is 0 Å². The van der Waals surface area contributed by atoms with Crippen molar-refractivity contribution < 1.29 is 19.5 Å². The number of benzene rings is 1. The molecule has 0 bridgehead atoms. The van der Waals surface area contributed by atoms with Crippen molar-refractivity contribution >= 4 is 24.4 Å². The van der Waals surface area contributed by atoms with Crippen LogP contribution < -0.4 is 0 Å². The minimum Gasteiger partial charge on any atom is -0.481 e. The number of carboxylic acids is 1. The summed E-state index contributed by atoms with van der Waals surface area (Å²) in [6.07, 6.45) is 3.97. The first kappa shape index (κ1) is 14.8. The van der Waals surface area contributed by atoms with Gasteiger partial charge < -0.3 is 5.11 Å². The van der Waals surface area contributed by atoms with E-state index in [9.17, 15) is 14.4 Å². The summed E-state index contributed by atoms with van der Waals surface area (Å²) in [6.45, 7) is 0. The fourth-order valence-electron chi connectivity index (χ4n) is 1.52. The van der Waals surface area contributed by atoms with Crippen LogP contribution in [0.3, 0.4) is 0 Å². The average Bonchev–Trinajstić information content (AvgIpc) is 2.42. The summed E-state index contributed by atoms with van der Waals surface area (Å²) >= 11 is 0. The van der Waals surface area contributed by atoms with E-state index in [4.69, 9.17) is 5.11 Å². The van der Waals surface area contributed by atoms with Crippen molar-refractivity contribution in [3.05, 3.63) is 35.4 Å². The van der Waals surface area contributed by atoms with Crippen molar-refractivity contribution in [1.29, 1.82) is 0 Å². The van der Waals surface area contributed by atoms with Crippen molar-refractivity contribution in [2.75, 3.05) is 0 Å². The topological polar surface area (TPSA) is 83.8 Å². The molecule has 5 nitrogen and oxygen atoms in total. The zero-order valence-corrected chi connectivity index (χ0v) is 10.4. The summed E-state index contributed by atoms with van der Waals surface area (Å²) in [5.41, 5.74) is 0.592. The Labute approximate surface area is 111 Å². The molecule has 0 saturated carbocycles. The number of rotatable bonds is 7. The lowest BCUT2D eigenvalue weighted by atomic mass is 10.1. The number of amides is 1. The van der Waals surface area contributed by atoms with Gasteiger partial charge in [-0.2, -0.15) is 0 Å². The van der Waals surface area contributed by atoms with Crippen molar-refractivity contribution in [3.63, 3.8) is 0 Å². The summed E-state index contributed by atoms with van der Waals surface area (Å²) in [4.78, 5) is 36.5. The molecule has 0 fully saturated rings. The van der Waals surface area contributed by atoms with Crippen molar-refractivity contribution in [2.45, 2.75) is 25.7 Å². The molecule has 1 rings (SSSR count). The Hall–Kier alpha value is -2.30. The molecule has 0 radical (unpaired) electrons. The molecule has 5 heteroatoms. The zero-order chi connectivity index (χ0) is 14.1. The summed E-state index contributed by atoms with van der Waals surface area (Å²) < 4.78 is 0. The van der Waals surface area contributed by atoms with Crippen LogP contribution in [-0.2, 0) is 4.79 Å². The molecule has 0 atom stereocenters. The van der Waals surface area contributed by atoms with Gasteiger partial charge in [0.2, 0.25) is 0 Å². The Morgan fingerprint density at radius 2 is 1.95 bits per heavy atom. The second kappa shape index (κ2) is 7.92. The van der Waals surface area contributed by atoms with Gasteiger partial charge in [0.25, 0.3) is 5.91 Å². The highest BCUT2D eigenvalue weighted by Gasteiger charge is 2.07. The maximum Gasteiger partial charge on any atom is 0.303 e. The highest BCUT2D eigenvalue weighted by Crippen LogP contribution is 2.07. The predicted octanol–water partition coefficient (Wildman–Crippen LogP) is 2.36. The van der Waals surface area contributed by atoms with Gasteiger partial charge in [-0.3, -0.25) is 14.4 Å². The number of aldehydes is 1. The minimum atomic E-state index is -0.826. The fraction of sp³-hybridized carbons (Fsp3) is 0.286. The van der Waals surface area contributed by atoms with E-state index in [0.29, 0.717) is 31.1 Å². The van der Waals surface area contributed by atoms with E-state index in [-0.39, 0.29) is 12.0 Å². The average molecular weight is 261 g/mol. The van der Waals surface area contributed by atoms with E-state index in [1.807, 2.05) is 0 Å². The van der Waals surface area contributed by atoms with Crippen molar-refractivity contribution in [1.82, 2.24) is 0 Å². The molecule has 0 aliphatic rings. The Morgan fingerprint density at radius 1 is 1.21 bits per heavy atom. The maximum atomic E-state index is 11.7. The first-order valence-electron chi connectivity index (χ1n) is 5.98. The highest BCUT2D eigenvalue weighted by molar-refractivity contribution is 6.04. The lowest BCUT2D eigenvalue weighted by Gasteiger charge is -1.98. The summed E-state index contributed by atoms with van der Waals surface area (Å²) in [6, 6.07) is 6.45. The SMILES string of the molecule is O=Cc1ccccc1C(=O)N=CCCCCC(=O)O. The molecule has 0 saturated heterocycles. The van der Waals surface area contributed by atoms with E-state index >= 15 is 0 Å². The van der Waals surface area contributed by atoms with Gasteiger partial charge in [-0.25, -0.2) is 4.99 Å². The smallest absolute Gasteiger partial charge is 0.303 e. The van der Waals surface area contributed by atoms with Gasteiger partial charge in [0, 0.05) is 18.2 Å². The molecule has 0 heterocycles. The molecule has 19 heavy (non-hydrogen) atoms. The predicted molar refractivity (Wildman–Crippen MR) is 70.8 cm³/mol. The summed E-state index contributed by atoms with van der Waals surface area (Å²) in [5, 5.41) is 8.44. The fourth-order valence-corrected chi connectivity index (χ4v) is 1.52.